The summed E-state index contributed by atoms with van der Waals surface area (Å²) in [7, 11) is 2.20. The fourth-order valence-corrected chi connectivity index (χ4v) is 4.72. The molecule has 2 aliphatic rings. The second-order valence-corrected chi connectivity index (χ2v) is 6.92. The third-order valence-corrected chi connectivity index (χ3v) is 5.68. The molecule has 118 valence electrons. The van der Waals surface area contributed by atoms with Gasteiger partial charge in [-0.1, -0.05) is 67.1 Å². The molecule has 4 atom stereocenters. The van der Waals surface area contributed by atoms with Gasteiger partial charge in [0, 0.05) is 23.9 Å². The third-order valence-electron chi connectivity index (χ3n) is 5.68. The molecule has 23 heavy (non-hydrogen) atoms. The molecule has 1 saturated heterocycles. The second kappa shape index (κ2) is 5.93. The van der Waals surface area contributed by atoms with Gasteiger partial charge in [-0.2, -0.15) is 0 Å². The number of hydrogen-bond acceptors (Lipinski definition) is 2. The van der Waals surface area contributed by atoms with E-state index in [1.54, 1.807) is 0 Å². The van der Waals surface area contributed by atoms with E-state index in [4.69, 9.17) is 0 Å². The SMILES string of the molecule is CN1C(c2ccccc2)C2CCCC(C2=O)C1c1ccccc1. The first-order valence-electron chi connectivity index (χ1n) is 8.63. The zero-order valence-corrected chi connectivity index (χ0v) is 13.6. The van der Waals surface area contributed by atoms with Crippen molar-refractivity contribution < 1.29 is 4.79 Å². The highest BCUT2D eigenvalue weighted by Gasteiger charge is 2.49. The first kappa shape index (κ1) is 14.6. The number of piperidine rings is 1. The lowest BCUT2D eigenvalue weighted by Gasteiger charge is -2.50. The number of carbonyl (C=O) groups excluding carboxylic acids is 1. The largest absolute Gasteiger partial charge is 0.299 e. The summed E-state index contributed by atoms with van der Waals surface area (Å²) in [5, 5.41) is 0. The quantitative estimate of drug-likeness (QED) is 0.819. The first-order chi connectivity index (χ1) is 11.3. The lowest BCUT2D eigenvalue weighted by atomic mass is 9.66. The van der Waals surface area contributed by atoms with Crippen molar-refractivity contribution in [1.82, 2.24) is 4.90 Å². The molecule has 1 aliphatic carbocycles. The van der Waals surface area contributed by atoms with Crippen molar-refractivity contribution in [3.8, 4) is 0 Å². The van der Waals surface area contributed by atoms with Gasteiger partial charge in [0.25, 0.3) is 0 Å². The van der Waals surface area contributed by atoms with Gasteiger partial charge in [0.2, 0.25) is 0 Å². The molecule has 2 aromatic carbocycles. The molecule has 1 heterocycles. The maximum atomic E-state index is 13.1. The zero-order valence-electron chi connectivity index (χ0n) is 13.6. The summed E-state index contributed by atoms with van der Waals surface area (Å²) in [5.74, 6) is 0.791. The van der Waals surface area contributed by atoms with E-state index < -0.39 is 0 Å². The lowest BCUT2D eigenvalue weighted by Crippen LogP contribution is -2.51. The number of ketones is 1. The molecule has 1 saturated carbocycles. The Labute approximate surface area is 138 Å². The van der Waals surface area contributed by atoms with Gasteiger partial charge < -0.3 is 0 Å². The summed E-state index contributed by atoms with van der Waals surface area (Å²) in [5.41, 5.74) is 2.55. The Bertz CT molecular complexity index is 624. The third kappa shape index (κ3) is 2.42. The van der Waals surface area contributed by atoms with Gasteiger partial charge in [-0.25, -0.2) is 0 Å². The average molecular weight is 305 g/mol. The van der Waals surface area contributed by atoms with Crippen LogP contribution in [-0.4, -0.2) is 17.7 Å². The summed E-state index contributed by atoms with van der Waals surface area (Å²) in [4.78, 5) is 15.6. The highest BCUT2D eigenvalue weighted by Crippen LogP contribution is 2.50. The predicted octanol–water partition coefficient (Wildman–Crippen LogP) is 4.40. The van der Waals surface area contributed by atoms with Crippen LogP contribution in [0.1, 0.15) is 42.5 Å². The molecule has 0 radical (unpaired) electrons. The van der Waals surface area contributed by atoms with E-state index in [-0.39, 0.29) is 23.9 Å². The van der Waals surface area contributed by atoms with E-state index in [1.165, 1.54) is 17.5 Å². The van der Waals surface area contributed by atoms with Crippen molar-refractivity contribution in [3.05, 3.63) is 71.8 Å². The minimum atomic E-state index is 0.154. The van der Waals surface area contributed by atoms with Crippen LogP contribution < -0.4 is 0 Å². The number of likely N-dealkylation sites (tertiary alicyclic amines) is 1. The fraction of sp³-hybridized carbons (Fsp3) is 0.381. The molecule has 2 nitrogen and oxygen atoms in total. The number of carbonyl (C=O) groups is 1. The average Bonchev–Trinajstić information content (AvgIpc) is 2.59. The van der Waals surface area contributed by atoms with Crippen LogP contribution in [0.5, 0.6) is 0 Å². The van der Waals surface area contributed by atoms with Crippen LogP contribution in [-0.2, 0) is 4.79 Å². The second-order valence-electron chi connectivity index (χ2n) is 6.92. The van der Waals surface area contributed by atoms with Crippen LogP contribution >= 0.6 is 0 Å². The van der Waals surface area contributed by atoms with Crippen LogP contribution in [0.25, 0.3) is 0 Å². The molecular weight excluding hydrogens is 282 g/mol. The maximum absolute atomic E-state index is 13.1. The Hall–Kier alpha value is -1.93. The van der Waals surface area contributed by atoms with Crippen molar-refractivity contribution >= 4 is 5.78 Å². The summed E-state index contributed by atoms with van der Waals surface area (Å²) in [6.07, 6.45) is 3.23. The van der Waals surface area contributed by atoms with Crippen molar-refractivity contribution in [3.63, 3.8) is 0 Å². The molecule has 4 unspecified atom stereocenters. The maximum Gasteiger partial charge on any atom is 0.142 e. The minimum absolute atomic E-state index is 0.154. The van der Waals surface area contributed by atoms with Gasteiger partial charge in [-0.05, 0) is 31.0 Å². The Kier molecular flexibility index (Phi) is 3.78. The fourth-order valence-electron chi connectivity index (χ4n) is 4.72. The highest BCUT2D eigenvalue weighted by atomic mass is 16.1. The monoisotopic (exact) mass is 305 g/mol. The van der Waals surface area contributed by atoms with Crippen LogP contribution in [0.3, 0.4) is 0 Å². The number of Topliss-reactive ketones (excluding diaryl/α,β-unsaturated/α-hetero) is 1. The molecule has 2 fully saturated rings. The minimum Gasteiger partial charge on any atom is -0.299 e. The van der Waals surface area contributed by atoms with Gasteiger partial charge in [0.1, 0.15) is 5.78 Å². The lowest BCUT2D eigenvalue weighted by molar-refractivity contribution is -0.143. The van der Waals surface area contributed by atoms with Crippen molar-refractivity contribution in [2.75, 3.05) is 7.05 Å². The van der Waals surface area contributed by atoms with Crippen molar-refractivity contribution in [2.45, 2.75) is 31.3 Å². The Morgan fingerprint density at radius 1 is 0.783 bits per heavy atom. The molecule has 0 spiro atoms. The van der Waals surface area contributed by atoms with E-state index in [0.717, 1.165) is 12.8 Å². The Morgan fingerprint density at radius 2 is 1.22 bits per heavy atom. The molecule has 2 bridgehead atoms. The van der Waals surface area contributed by atoms with Crippen LogP contribution in [0.4, 0.5) is 0 Å². The zero-order chi connectivity index (χ0) is 15.8. The van der Waals surface area contributed by atoms with Gasteiger partial charge in [0.05, 0.1) is 0 Å². The summed E-state index contributed by atoms with van der Waals surface area (Å²) >= 11 is 0. The number of fused-ring (bicyclic) bond motifs is 2. The molecule has 0 aromatic heterocycles. The number of benzene rings is 2. The van der Waals surface area contributed by atoms with Gasteiger partial charge in [-0.15, -0.1) is 0 Å². The van der Waals surface area contributed by atoms with E-state index in [1.807, 2.05) is 12.1 Å². The van der Waals surface area contributed by atoms with Gasteiger partial charge >= 0.3 is 0 Å². The standard InChI is InChI=1S/C21H23NO/c1-22-19(15-9-4-2-5-10-15)17-13-8-14-18(21(17)23)20(22)16-11-6-3-7-12-16/h2-7,9-12,17-20H,8,13-14H2,1H3. The number of hydrogen-bond donors (Lipinski definition) is 0. The molecule has 0 amide bonds. The van der Waals surface area contributed by atoms with E-state index in [9.17, 15) is 4.79 Å². The van der Waals surface area contributed by atoms with Gasteiger partial charge in [0.15, 0.2) is 0 Å². The van der Waals surface area contributed by atoms with Crippen LogP contribution in [0, 0.1) is 11.8 Å². The highest BCUT2D eigenvalue weighted by molar-refractivity contribution is 5.86. The summed E-state index contributed by atoms with van der Waals surface area (Å²) in [6.45, 7) is 0. The van der Waals surface area contributed by atoms with E-state index in [2.05, 4.69) is 60.5 Å². The van der Waals surface area contributed by atoms with E-state index >= 15 is 0 Å². The van der Waals surface area contributed by atoms with Crippen molar-refractivity contribution in [1.29, 1.82) is 0 Å². The topological polar surface area (TPSA) is 20.3 Å². The van der Waals surface area contributed by atoms with Crippen molar-refractivity contribution in [2.24, 2.45) is 11.8 Å². The molecule has 1 aliphatic heterocycles. The predicted molar refractivity (Wildman–Crippen MR) is 92.0 cm³/mol. The van der Waals surface area contributed by atoms with Gasteiger partial charge in [-0.3, -0.25) is 9.69 Å². The first-order valence-corrected chi connectivity index (χ1v) is 8.63. The van der Waals surface area contributed by atoms with Crippen LogP contribution in [0.15, 0.2) is 60.7 Å². The molecule has 4 rings (SSSR count). The number of nitrogens with zero attached hydrogens (tertiary/aromatic N) is 1. The summed E-state index contributed by atoms with van der Waals surface area (Å²) < 4.78 is 0. The van der Waals surface area contributed by atoms with E-state index in [0.29, 0.717) is 5.78 Å². The molecule has 2 aromatic rings. The molecule has 0 N–H and O–H groups in total. The smallest absolute Gasteiger partial charge is 0.142 e. The Morgan fingerprint density at radius 3 is 1.65 bits per heavy atom. The van der Waals surface area contributed by atoms with Crippen LogP contribution in [0.2, 0.25) is 0 Å². The Balaban J connectivity index is 1.79. The molecular formula is C21H23NO. The summed E-state index contributed by atoms with van der Waals surface area (Å²) in [6, 6.07) is 21.5. The number of rotatable bonds is 2. The molecule has 2 heteroatoms. The normalized spacial score (nSPS) is 31.1.